The fraction of sp³-hybridized carbons (Fsp3) is 0.350. The molecule has 1 aliphatic carbocycles. The van der Waals surface area contributed by atoms with Crippen LogP contribution in [0.25, 0.3) is 0 Å². The molecule has 0 amide bonds. The summed E-state index contributed by atoms with van der Waals surface area (Å²) in [6.45, 7) is 21.9. The van der Waals surface area contributed by atoms with Crippen molar-refractivity contribution in [3.05, 3.63) is 154 Å². The van der Waals surface area contributed by atoms with Crippen molar-refractivity contribution in [2.24, 2.45) is 5.41 Å². The molecule has 0 bridgehead atoms. The molecule has 0 unspecified atom stereocenters. The van der Waals surface area contributed by atoms with Gasteiger partial charge in [0.05, 0.1) is 0 Å². The predicted octanol–water partition coefficient (Wildman–Crippen LogP) is 12.5. The molecule has 214 valence electrons. The average molecular weight is 535 g/mol. The summed E-state index contributed by atoms with van der Waals surface area (Å²) in [5.74, 6) is 0. The smallest absolute Gasteiger partial charge is 0.0104 e. The van der Waals surface area contributed by atoms with Gasteiger partial charge in [-0.15, -0.1) is 0 Å². The second kappa shape index (κ2) is 18.8. The quantitative estimate of drug-likeness (QED) is 0.218. The fourth-order valence-corrected chi connectivity index (χ4v) is 4.36. The molecule has 0 fully saturated rings. The van der Waals surface area contributed by atoms with Crippen LogP contribution < -0.4 is 0 Å². The van der Waals surface area contributed by atoms with Crippen molar-refractivity contribution < 1.29 is 0 Å². The first-order valence-electron chi connectivity index (χ1n) is 14.7. The van der Waals surface area contributed by atoms with Crippen molar-refractivity contribution in [2.75, 3.05) is 0 Å². The van der Waals surface area contributed by atoms with Crippen LogP contribution in [0.15, 0.2) is 154 Å². The van der Waals surface area contributed by atoms with E-state index in [1.807, 2.05) is 0 Å². The third kappa shape index (κ3) is 15.9. The highest BCUT2D eigenvalue weighted by Crippen LogP contribution is 2.40. The van der Waals surface area contributed by atoms with Gasteiger partial charge in [0.25, 0.3) is 0 Å². The lowest BCUT2D eigenvalue weighted by Gasteiger charge is -2.32. The van der Waals surface area contributed by atoms with E-state index in [0.717, 1.165) is 0 Å². The van der Waals surface area contributed by atoms with Crippen LogP contribution in [-0.4, -0.2) is 0 Å². The summed E-state index contributed by atoms with van der Waals surface area (Å²) in [4.78, 5) is 0. The van der Waals surface area contributed by atoms with Crippen molar-refractivity contribution >= 4 is 0 Å². The van der Waals surface area contributed by atoms with Gasteiger partial charge < -0.3 is 0 Å². The first-order valence-corrected chi connectivity index (χ1v) is 14.7. The van der Waals surface area contributed by atoms with Crippen molar-refractivity contribution in [3.63, 3.8) is 0 Å². The Morgan fingerprint density at radius 1 is 0.525 bits per heavy atom. The Bertz CT molecular complexity index is 1220. The molecule has 1 rings (SSSR count). The minimum absolute atomic E-state index is 0.288. The molecule has 0 spiro atoms. The number of rotatable bonds is 12. The van der Waals surface area contributed by atoms with Gasteiger partial charge in [0.15, 0.2) is 0 Å². The van der Waals surface area contributed by atoms with E-state index >= 15 is 0 Å². The monoisotopic (exact) mass is 534 g/mol. The maximum atomic E-state index is 2.37. The highest BCUT2D eigenvalue weighted by molar-refractivity contribution is 5.37. The van der Waals surface area contributed by atoms with Gasteiger partial charge in [0.1, 0.15) is 0 Å². The first-order chi connectivity index (χ1) is 18.9. The Morgan fingerprint density at radius 2 is 0.900 bits per heavy atom. The largest absolute Gasteiger partial charge is 0.0764 e. The van der Waals surface area contributed by atoms with Gasteiger partial charge in [0, 0.05) is 0 Å². The molecule has 0 aromatic carbocycles. The van der Waals surface area contributed by atoms with E-state index in [2.05, 4.69) is 179 Å². The zero-order chi connectivity index (χ0) is 30.0. The van der Waals surface area contributed by atoms with Crippen LogP contribution in [-0.2, 0) is 0 Å². The van der Waals surface area contributed by atoms with Gasteiger partial charge in [-0.05, 0) is 85.6 Å². The van der Waals surface area contributed by atoms with Gasteiger partial charge in [-0.25, -0.2) is 0 Å². The summed E-state index contributed by atoms with van der Waals surface area (Å²) < 4.78 is 0. The van der Waals surface area contributed by atoms with Crippen molar-refractivity contribution in [1.29, 1.82) is 0 Å². The molecule has 0 saturated heterocycles. The summed E-state index contributed by atoms with van der Waals surface area (Å²) in [6, 6.07) is 0. The molecule has 0 radical (unpaired) electrons. The summed E-state index contributed by atoms with van der Waals surface area (Å²) in [6.07, 6.45) is 42.4. The highest BCUT2D eigenvalue weighted by atomic mass is 14.3. The predicted molar refractivity (Wildman–Crippen MR) is 183 cm³/mol. The topological polar surface area (TPSA) is 0 Å². The molecule has 1 aliphatic rings. The second-order valence-electron chi connectivity index (χ2n) is 11.9. The molecule has 40 heavy (non-hydrogen) atoms. The molecule has 0 aromatic rings. The highest BCUT2D eigenvalue weighted by Gasteiger charge is 2.26. The first kappa shape index (κ1) is 34.6. The van der Waals surface area contributed by atoms with Gasteiger partial charge in [0.2, 0.25) is 0 Å². The summed E-state index contributed by atoms with van der Waals surface area (Å²) in [7, 11) is 0. The van der Waals surface area contributed by atoms with Crippen LogP contribution in [0.3, 0.4) is 0 Å². The maximum Gasteiger partial charge on any atom is -0.0104 e. The van der Waals surface area contributed by atoms with E-state index in [0.29, 0.717) is 0 Å². The van der Waals surface area contributed by atoms with Crippen LogP contribution in [0.1, 0.15) is 88.5 Å². The molecule has 0 atom stereocenters. The molecule has 0 heterocycles. The molecular formula is C40H54. The summed E-state index contributed by atoms with van der Waals surface area (Å²) in [5, 5.41) is 0. The van der Waals surface area contributed by atoms with E-state index in [1.54, 1.807) is 5.57 Å². The standard InChI is InChI=1S/C40H54/c1-32(2)18-13-21-35(5)24-15-26-36(6)25-14-22-33(3)19-11-12-20-34(4)23-16-27-37(7)29-30-39-38(8)28-17-31-40(39,9)10/h11-16,18-27,29-30H,17,28,31H2,1-10H3/b12-11+,21-13-,22-14+,23-16+,26-15+,30-29+,33-19+,34-20+,35-24-,36-25+,37-27+. The molecule has 0 aromatic heterocycles. The minimum Gasteiger partial charge on any atom is -0.0764 e. The van der Waals surface area contributed by atoms with Crippen molar-refractivity contribution in [2.45, 2.75) is 88.5 Å². The van der Waals surface area contributed by atoms with E-state index in [9.17, 15) is 0 Å². The third-order valence-corrected chi connectivity index (χ3v) is 6.83. The molecule has 0 heteroatoms. The van der Waals surface area contributed by atoms with E-state index < -0.39 is 0 Å². The lowest BCUT2D eigenvalue weighted by molar-refractivity contribution is 0.377. The lowest BCUT2D eigenvalue weighted by Crippen LogP contribution is -2.19. The fourth-order valence-electron chi connectivity index (χ4n) is 4.36. The number of hydrogen-bond acceptors (Lipinski definition) is 0. The van der Waals surface area contributed by atoms with E-state index in [1.165, 1.54) is 58.3 Å². The van der Waals surface area contributed by atoms with Crippen molar-refractivity contribution in [3.8, 4) is 0 Å². The average Bonchev–Trinajstić information content (AvgIpc) is 2.85. The Hall–Kier alpha value is -3.38. The Morgan fingerprint density at radius 3 is 1.30 bits per heavy atom. The summed E-state index contributed by atoms with van der Waals surface area (Å²) in [5.41, 5.74) is 10.8. The number of hydrogen-bond donors (Lipinski definition) is 0. The molecule has 0 nitrogen and oxygen atoms in total. The van der Waals surface area contributed by atoms with Crippen LogP contribution in [0.4, 0.5) is 0 Å². The second-order valence-corrected chi connectivity index (χ2v) is 11.9. The Labute approximate surface area is 247 Å². The van der Waals surface area contributed by atoms with Crippen LogP contribution in [0.5, 0.6) is 0 Å². The van der Waals surface area contributed by atoms with Crippen LogP contribution >= 0.6 is 0 Å². The third-order valence-electron chi connectivity index (χ3n) is 6.83. The Balaban J connectivity index is 2.61. The van der Waals surface area contributed by atoms with E-state index in [4.69, 9.17) is 0 Å². The van der Waals surface area contributed by atoms with Gasteiger partial charge in [-0.1, -0.05) is 162 Å². The lowest BCUT2D eigenvalue weighted by atomic mass is 9.72. The Kier molecular flexibility index (Phi) is 16.3. The minimum atomic E-state index is 0.288. The van der Waals surface area contributed by atoms with Crippen LogP contribution in [0.2, 0.25) is 0 Å². The van der Waals surface area contributed by atoms with Crippen molar-refractivity contribution in [1.82, 2.24) is 0 Å². The normalized spacial score (nSPS) is 18.7. The van der Waals surface area contributed by atoms with Gasteiger partial charge >= 0.3 is 0 Å². The molecule has 0 N–H and O–H groups in total. The zero-order valence-electron chi connectivity index (χ0n) is 27.0. The number of allylic oxidation sites excluding steroid dienone is 26. The molecule has 0 aliphatic heterocycles. The van der Waals surface area contributed by atoms with Gasteiger partial charge in [-0.2, -0.15) is 0 Å². The van der Waals surface area contributed by atoms with E-state index in [-0.39, 0.29) is 5.41 Å². The SMILES string of the molecule is CC(C)=C\C=C/C(C)=C\C=C\C(C)=C\C=C\C(C)=C\C=C\C=C(C)\C=C\C=C(C)\C=C\C1=C(C)CCCC1(C)C. The maximum absolute atomic E-state index is 2.37. The van der Waals surface area contributed by atoms with Crippen LogP contribution in [0, 0.1) is 5.41 Å². The van der Waals surface area contributed by atoms with Gasteiger partial charge in [-0.3, -0.25) is 0 Å². The zero-order valence-corrected chi connectivity index (χ0v) is 27.0. The molecular weight excluding hydrogens is 480 g/mol. The summed E-state index contributed by atoms with van der Waals surface area (Å²) >= 11 is 0. The molecule has 0 saturated carbocycles.